The molecule has 0 bridgehead atoms. The normalized spacial score (nSPS) is 25.3. The fraction of sp³-hybridized carbons (Fsp3) is 0.625. The monoisotopic (exact) mass is 189 g/mol. The van der Waals surface area contributed by atoms with Gasteiger partial charge in [0.25, 0.3) is 0 Å². The highest BCUT2D eigenvalue weighted by Gasteiger charge is 2.18. The number of carbonyl (C=O) groups excluding carboxylic acids is 1. The third kappa shape index (κ3) is 3.34. The van der Waals surface area contributed by atoms with Gasteiger partial charge in [0.1, 0.15) is 0 Å². The van der Waals surface area contributed by atoms with E-state index < -0.39 is 5.24 Å². The highest BCUT2D eigenvalue weighted by Crippen LogP contribution is 2.07. The second-order valence-electron chi connectivity index (χ2n) is 2.91. The van der Waals surface area contributed by atoms with Gasteiger partial charge in [-0.15, -0.1) is 0 Å². The summed E-state index contributed by atoms with van der Waals surface area (Å²) in [6.45, 7) is 2.28. The topological polar surface area (TPSA) is 40.5 Å². The minimum atomic E-state index is -0.449. The minimum absolute atomic E-state index is 0.204. The first-order valence-corrected chi connectivity index (χ1v) is 4.32. The van der Waals surface area contributed by atoms with Crippen molar-refractivity contribution in [2.45, 2.75) is 12.5 Å². The summed E-state index contributed by atoms with van der Waals surface area (Å²) in [6.07, 6.45) is 3.67. The molecule has 12 heavy (non-hydrogen) atoms. The van der Waals surface area contributed by atoms with E-state index in [-0.39, 0.29) is 6.10 Å². The number of carbonyl (C=O) groups is 1. The minimum Gasteiger partial charge on any atom is -0.392 e. The molecule has 0 aliphatic carbocycles. The molecule has 0 aromatic heterocycles. The summed E-state index contributed by atoms with van der Waals surface area (Å²) in [7, 11) is 0. The van der Waals surface area contributed by atoms with Gasteiger partial charge >= 0.3 is 0 Å². The predicted octanol–water partition coefficient (Wildman–Crippen LogP) is 0.375. The van der Waals surface area contributed by atoms with Gasteiger partial charge in [-0.05, 0) is 24.1 Å². The molecule has 1 rings (SSSR count). The van der Waals surface area contributed by atoms with E-state index in [0.717, 1.165) is 13.0 Å². The first kappa shape index (κ1) is 9.71. The Labute approximate surface area is 76.6 Å². The van der Waals surface area contributed by atoms with Crippen LogP contribution in [0.15, 0.2) is 12.2 Å². The third-order valence-corrected chi connectivity index (χ3v) is 1.99. The number of hydrogen-bond donors (Lipinski definition) is 1. The second-order valence-corrected chi connectivity index (χ2v) is 3.28. The SMILES string of the molecule is O=C(Cl)/C=C/CN1CCC(O)C1. The average Bonchev–Trinajstić information content (AvgIpc) is 2.35. The highest BCUT2D eigenvalue weighted by atomic mass is 35.5. The Morgan fingerprint density at radius 3 is 3.00 bits per heavy atom. The summed E-state index contributed by atoms with van der Waals surface area (Å²) < 4.78 is 0. The molecule has 1 fully saturated rings. The number of aliphatic hydroxyl groups is 1. The van der Waals surface area contributed by atoms with Crippen LogP contribution in [0.3, 0.4) is 0 Å². The van der Waals surface area contributed by atoms with Crippen molar-refractivity contribution in [3.63, 3.8) is 0 Å². The van der Waals surface area contributed by atoms with Crippen LogP contribution in [0, 0.1) is 0 Å². The van der Waals surface area contributed by atoms with Gasteiger partial charge in [-0.25, -0.2) is 0 Å². The van der Waals surface area contributed by atoms with Crippen LogP contribution < -0.4 is 0 Å². The summed E-state index contributed by atoms with van der Waals surface area (Å²) in [6, 6.07) is 0. The van der Waals surface area contributed by atoms with Gasteiger partial charge in [-0.3, -0.25) is 9.69 Å². The number of β-amino-alcohol motifs (C(OH)–C–C–N with tert-alkyl or cyclic N) is 1. The first-order valence-electron chi connectivity index (χ1n) is 3.95. The molecule has 0 saturated carbocycles. The molecule has 0 aromatic rings. The maximum absolute atomic E-state index is 10.3. The molecule has 0 radical (unpaired) electrons. The molecule has 1 atom stereocenters. The molecule has 1 N–H and O–H groups in total. The number of allylic oxidation sites excluding steroid dienone is 1. The van der Waals surface area contributed by atoms with Crippen molar-refractivity contribution in [1.82, 2.24) is 4.90 Å². The van der Waals surface area contributed by atoms with Crippen molar-refractivity contribution in [3.05, 3.63) is 12.2 Å². The Morgan fingerprint density at radius 1 is 1.75 bits per heavy atom. The van der Waals surface area contributed by atoms with Gasteiger partial charge in [-0.2, -0.15) is 0 Å². The molecule has 68 valence electrons. The van der Waals surface area contributed by atoms with E-state index in [9.17, 15) is 4.79 Å². The molecule has 1 saturated heterocycles. The quantitative estimate of drug-likeness (QED) is 0.516. The molecule has 1 unspecified atom stereocenters. The van der Waals surface area contributed by atoms with Gasteiger partial charge in [0.2, 0.25) is 5.24 Å². The lowest BCUT2D eigenvalue weighted by atomic mass is 10.3. The van der Waals surface area contributed by atoms with Crippen molar-refractivity contribution >= 4 is 16.8 Å². The average molecular weight is 190 g/mol. The van der Waals surface area contributed by atoms with Crippen LogP contribution in [-0.2, 0) is 4.79 Å². The summed E-state index contributed by atoms with van der Waals surface area (Å²) >= 11 is 5.10. The molecule has 0 aromatic carbocycles. The van der Waals surface area contributed by atoms with Gasteiger partial charge in [-0.1, -0.05) is 6.08 Å². The van der Waals surface area contributed by atoms with Crippen LogP contribution in [0.1, 0.15) is 6.42 Å². The zero-order chi connectivity index (χ0) is 8.97. The summed E-state index contributed by atoms with van der Waals surface area (Å²) in [4.78, 5) is 12.4. The highest BCUT2D eigenvalue weighted by molar-refractivity contribution is 6.66. The van der Waals surface area contributed by atoms with Crippen LogP contribution >= 0.6 is 11.6 Å². The van der Waals surface area contributed by atoms with Gasteiger partial charge in [0.05, 0.1) is 6.10 Å². The zero-order valence-corrected chi connectivity index (χ0v) is 7.50. The first-order chi connectivity index (χ1) is 5.68. The molecular weight excluding hydrogens is 178 g/mol. The molecule has 1 heterocycles. The summed E-state index contributed by atoms with van der Waals surface area (Å²) in [5.74, 6) is 0. The Kier molecular flexibility index (Phi) is 3.72. The standard InChI is InChI=1S/C8H12ClNO2/c9-8(12)2-1-4-10-5-3-7(11)6-10/h1-2,7,11H,3-6H2/b2-1+. The Hall–Kier alpha value is -0.380. The molecular formula is C8H12ClNO2. The predicted molar refractivity (Wildman–Crippen MR) is 47.1 cm³/mol. The lowest BCUT2D eigenvalue weighted by Crippen LogP contribution is -2.21. The second kappa shape index (κ2) is 4.60. The Bertz CT molecular complexity index is 193. The number of likely N-dealkylation sites (tertiary alicyclic amines) is 1. The van der Waals surface area contributed by atoms with Crippen molar-refractivity contribution in [2.24, 2.45) is 0 Å². The van der Waals surface area contributed by atoms with Crippen LogP contribution in [0.2, 0.25) is 0 Å². The van der Waals surface area contributed by atoms with Crippen molar-refractivity contribution in [3.8, 4) is 0 Å². The Balaban J connectivity index is 2.20. The van der Waals surface area contributed by atoms with E-state index in [0.29, 0.717) is 13.1 Å². The van der Waals surface area contributed by atoms with E-state index in [1.165, 1.54) is 6.08 Å². The molecule has 4 heteroatoms. The molecule has 1 aliphatic heterocycles. The van der Waals surface area contributed by atoms with Crippen LogP contribution in [0.25, 0.3) is 0 Å². The number of rotatable bonds is 3. The molecule has 3 nitrogen and oxygen atoms in total. The number of aliphatic hydroxyl groups excluding tert-OH is 1. The van der Waals surface area contributed by atoms with E-state index in [2.05, 4.69) is 4.90 Å². The van der Waals surface area contributed by atoms with Crippen molar-refractivity contribution in [1.29, 1.82) is 0 Å². The largest absolute Gasteiger partial charge is 0.392 e. The van der Waals surface area contributed by atoms with E-state index in [4.69, 9.17) is 16.7 Å². The fourth-order valence-corrected chi connectivity index (χ4v) is 1.36. The molecule has 0 spiro atoms. The smallest absolute Gasteiger partial charge is 0.244 e. The zero-order valence-electron chi connectivity index (χ0n) is 6.74. The van der Waals surface area contributed by atoms with Gasteiger partial charge in [0.15, 0.2) is 0 Å². The third-order valence-electron chi connectivity index (χ3n) is 1.86. The van der Waals surface area contributed by atoms with Crippen LogP contribution in [-0.4, -0.2) is 41.0 Å². The fourth-order valence-electron chi connectivity index (χ4n) is 1.27. The van der Waals surface area contributed by atoms with E-state index in [1.54, 1.807) is 6.08 Å². The van der Waals surface area contributed by atoms with Crippen molar-refractivity contribution in [2.75, 3.05) is 19.6 Å². The summed E-state index contributed by atoms with van der Waals surface area (Å²) in [5.41, 5.74) is 0. The van der Waals surface area contributed by atoms with E-state index in [1.807, 2.05) is 0 Å². The number of nitrogens with zero attached hydrogens (tertiary/aromatic N) is 1. The molecule has 1 aliphatic rings. The summed E-state index contributed by atoms with van der Waals surface area (Å²) in [5, 5.41) is 8.70. The lowest BCUT2D eigenvalue weighted by Gasteiger charge is -2.10. The maximum atomic E-state index is 10.3. The van der Waals surface area contributed by atoms with Crippen LogP contribution in [0.4, 0.5) is 0 Å². The van der Waals surface area contributed by atoms with Gasteiger partial charge < -0.3 is 5.11 Å². The molecule has 0 amide bonds. The van der Waals surface area contributed by atoms with Crippen LogP contribution in [0.5, 0.6) is 0 Å². The number of halogens is 1. The Morgan fingerprint density at radius 2 is 2.50 bits per heavy atom. The lowest BCUT2D eigenvalue weighted by molar-refractivity contribution is -0.107. The maximum Gasteiger partial charge on any atom is 0.244 e. The number of hydrogen-bond acceptors (Lipinski definition) is 3. The van der Waals surface area contributed by atoms with E-state index >= 15 is 0 Å². The van der Waals surface area contributed by atoms with Gasteiger partial charge in [0, 0.05) is 19.6 Å². The van der Waals surface area contributed by atoms with Crippen molar-refractivity contribution < 1.29 is 9.90 Å².